The Kier molecular flexibility index (Phi) is 4.32. The van der Waals surface area contributed by atoms with Gasteiger partial charge in [-0.2, -0.15) is 4.72 Å². The van der Waals surface area contributed by atoms with Crippen LogP contribution in [0, 0.1) is 6.92 Å². The minimum Gasteiger partial charge on any atom is -0.467 e. The molecule has 1 aromatic heterocycles. The van der Waals surface area contributed by atoms with Gasteiger partial charge in [-0.1, -0.05) is 48.0 Å². The van der Waals surface area contributed by atoms with Crippen LogP contribution in [0.3, 0.4) is 0 Å². The van der Waals surface area contributed by atoms with Gasteiger partial charge in [0, 0.05) is 0 Å². The molecule has 0 saturated heterocycles. The Hall–Kier alpha value is -2.37. The number of furan rings is 1. The van der Waals surface area contributed by atoms with Gasteiger partial charge in [0.1, 0.15) is 11.8 Å². The van der Waals surface area contributed by atoms with Crippen molar-refractivity contribution in [3.05, 3.63) is 89.9 Å². The summed E-state index contributed by atoms with van der Waals surface area (Å²) in [5.74, 6) is 0.548. The highest BCUT2D eigenvalue weighted by atomic mass is 32.2. The van der Waals surface area contributed by atoms with Crippen LogP contribution in [0.5, 0.6) is 0 Å². The molecule has 0 aliphatic carbocycles. The molecule has 0 aliphatic heterocycles. The molecule has 118 valence electrons. The number of hydrogen-bond acceptors (Lipinski definition) is 3. The molecule has 23 heavy (non-hydrogen) atoms. The molecule has 3 aromatic rings. The van der Waals surface area contributed by atoms with Crippen LogP contribution in [-0.2, 0) is 10.0 Å². The smallest absolute Gasteiger partial charge is 0.241 e. The van der Waals surface area contributed by atoms with Gasteiger partial charge in [-0.15, -0.1) is 0 Å². The summed E-state index contributed by atoms with van der Waals surface area (Å²) in [6.07, 6.45) is 1.53. The fourth-order valence-corrected chi connectivity index (χ4v) is 3.53. The number of benzene rings is 2. The number of nitrogens with one attached hydrogen (secondary N) is 1. The van der Waals surface area contributed by atoms with E-state index in [1.807, 2.05) is 37.3 Å². The number of sulfonamides is 1. The lowest BCUT2D eigenvalue weighted by molar-refractivity contribution is 0.471. The third kappa shape index (κ3) is 3.52. The zero-order chi connectivity index (χ0) is 16.3. The third-order valence-corrected chi connectivity index (χ3v) is 5.00. The van der Waals surface area contributed by atoms with Gasteiger partial charge in [0.05, 0.1) is 11.2 Å². The van der Waals surface area contributed by atoms with E-state index in [0.717, 1.165) is 11.1 Å². The van der Waals surface area contributed by atoms with Crippen molar-refractivity contribution in [3.63, 3.8) is 0 Å². The van der Waals surface area contributed by atoms with Crippen molar-refractivity contribution in [3.8, 4) is 0 Å². The predicted molar refractivity (Wildman–Crippen MR) is 88.5 cm³/mol. The summed E-state index contributed by atoms with van der Waals surface area (Å²) in [5, 5.41) is 0. The van der Waals surface area contributed by atoms with E-state index >= 15 is 0 Å². The summed E-state index contributed by atoms with van der Waals surface area (Å²) in [7, 11) is -3.66. The maximum atomic E-state index is 12.7. The van der Waals surface area contributed by atoms with Crippen LogP contribution in [-0.4, -0.2) is 8.42 Å². The first-order chi connectivity index (χ1) is 11.1. The maximum Gasteiger partial charge on any atom is 0.241 e. The van der Waals surface area contributed by atoms with Crippen LogP contribution in [0.25, 0.3) is 0 Å². The molecule has 1 heterocycles. The average Bonchev–Trinajstić information content (AvgIpc) is 3.08. The largest absolute Gasteiger partial charge is 0.467 e. The molecular formula is C18H17NO3S. The fourth-order valence-electron chi connectivity index (χ4n) is 2.33. The fraction of sp³-hybridized carbons (Fsp3) is 0.111. The molecule has 0 aliphatic rings. The van der Waals surface area contributed by atoms with Gasteiger partial charge in [-0.25, -0.2) is 8.42 Å². The molecule has 0 radical (unpaired) electrons. The summed E-state index contributed by atoms with van der Waals surface area (Å²) in [4.78, 5) is 0.232. The Bertz CT molecular complexity index is 854. The topological polar surface area (TPSA) is 59.3 Å². The van der Waals surface area contributed by atoms with Gasteiger partial charge in [0.2, 0.25) is 10.0 Å². The molecule has 1 atom stereocenters. The zero-order valence-electron chi connectivity index (χ0n) is 12.6. The van der Waals surface area contributed by atoms with Gasteiger partial charge in [0.25, 0.3) is 0 Å². The minimum absolute atomic E-state index is 0.232. The number of rotatable bonds is 5. The summed E-state index contributed by atoms with van der Waals surface area (Å²) in [6, 6.07) is 19.0. The highest BCUT2D eigenvalue weighted by Gasteiger charge is 2.24. The lowest BCUT2D eigenvalue weighted by atomic mass is 10.1. The van der Waals surface area contributed by atoms with Crippen LogP contribution in [0.15, 0.2) is 82.3 Å². The molecule has 5 heteroatoms. The first-order valence-electron chi connectivity index (χ1n) is 7.23. The molecule has 0 amide bonds. The molecule has 0 fully saturated rings. The Morgan fingerprint density at radius 3 is 2.22 bits per heavy atom. The Labute approximate surface area is 135 Å². The second kappa shape index (κ2) is 6.40. The average molecular weight is 327 g/mol. The van der Waals surface area contributed by atoms with Gasteiger partial charge in [0.15, 0.2) is 0 Å². The second-order valence-corrected chi connectivity index (χ2v) is 7.01. The quantitative estimate of drug-likeness (QED) is 0.778. The van der Waals surface area contributed by atoms with E-state index in [1.54, 1.807) is 36.4 Å². The Morgan fingerprint density at radius 2 is 1.61 bits per heavy atom. The molecule has 0 saturated carbocycles. The van der Waals surface area contributed by atoms with Crippen molar-refractivity contribution in [2.24, 2.45) is 0 Å². The van der Waals surface area contributed by atoms with Crippen LogP contribution >= 0.6 is 0 Å². The van der Waals surface area contributed by atoms with E-state index in [1.165, 1.54) is 6.26 Å². The summed E-state index contributed by atoms with van der Waals surface area (Å²) < 4.78 is 33.5. The van der Waals surface area contributed by atoms with Gasteiger partial charge < -0.3 is 4.42 Å². The third-order valence-electron chi connectivity index (χ3n) is 3.56. The number of aryl methyl sites for hydroxylation is 1. The molecular weight excluding hydrogens is 310 g/mol. The summed E-state index contributed by atoms with van der Waals surface area (Å²) in [6.45, 7) is 1.92. The molecule has 0 bridgehead atoms. The SMILES string of the molecule is Cc1ccc(S(=O)(=O)N[C@H](c2ccccc2)c2ccco2)cc1. The minimum atomic E-state index is -3.66. The predicted octanol–water partition coefficient (Wildman–Crippen LogP) is 3.66. The van der Waals surface area contributed by atoms with Crippen molar-refractivity contribution in [2.75, 3.05) is 0 Å². The van der Waals surface area contributed by atoms with Crippen molar-refractivity contribution in [1.29, 1.82) is 0 Å². The van der Waals surface area contributed by atoms with Crippen LogP contribution in [0.4, 0.5) is 0 Å². The number of hydrogen-bond donors (Lipinski definition) is 1. The van der Waals surface area contributed by atoms with E-state index in [4.69, 9.17) is 4.42 Å². The Morgan fingerprint density at radius 1 is 0.913 bits per heavy atom. The van der Waals surface area contributed by atoms with Gasteiger partial charge in [-0.05, 0) is 36.8 Å². The van der Waals surface area contributed by atoms with Crippen LogP contribution < -0.4 is 4.72 Å². The zero-order valence-corrected chi connectivity index (χ0v) is 13.5. The molecule has 1 N–H and O–H groups in total. The summed E-state index contributed by atoms with van der Waals surface area (Å²) in [5.41, 5.74) is 1.83. The molecule has 0 spiro atoms. The highest BCUT2D eigenvalue weighted by molar-refractivity contribution is 7.89. The van der Waals surface area contributed by atoms with Crippen molar-refractivity contribution < 1.29 is 12.8 Å². The van der Waals surface area contributed by atoms with E-state index in [9.17, 15) is 8.42 Å². The van der Waals surface area contributed by atoms with Crippen LogP contribution in [0.1, 0.15) is 22.9 Å². The molecule has 0 unspecified atom stereocenters. The van der Waals surface area contributed by atoms with E-state index in [2.05, 4.69) is 4.72 Å². The molecule has 4 nitrogen and oxygen atoms in total. The van der Waals surface area contributed by atoms with Crippen molar-refractivity contribution in [2.45, 2.75) is 17.9 Å². The van der Waals surface area contributed by atoms with Crippen LogP contribution in [0.2, 0.25) is 0 Å². The van der Waals surface area contributed by atoms with Crippen molar-refractivity contribution in [1.82, 2.24) is 4.72 Å². The lowest BCUT2D eigenvalue weighted by Crippen LogP contribution is -2.29. The molecule has 3 rings (SSSR count). The normalized spacial score (nSPS) is 12.9. The van der Waals surface area contributed by atoms with E-state index in [0.29, 0.717) is 5.76 Å². The van der Waals surface area contributed by atoms with E-state index < -0.39 is 16.1 Å². The van der Waals surface area contributed by atoms with E-state index in [-0.39, 0.29) is 4.90 Å². The molecule has 2 aromatic carbocycles. The summed E-state index contributed by atoms with van der Waals surface area (Å²) >= 11 is 0. The first kappa shape index (κ1) is 15.5. The second-order valence-electron chi connectivity index (χ2n) is 5.29. The van der Waals surface area contributed by atoms with Gasteiger partial charge >= 0.3 is 0 Å². The highest BCUT2D eigenvalue weighted by Crippen LogP contribution is 2.25. The standard InChI is InChI=1S/C18H17NO3S/c1-14-9-11-16(12-10-14)23(20,21)19-18(17-8-5-13-22-17)15-6-3-2-4-7-15/h2-13,18-19H,1H3/t18-/m1/s1. The lowest BCUT2D eigenvalue weighted by Gasteiger charge is -2.17. The first-order valence-corrected chi connectivity index (χ1v) is 8.72. The maximum absolute atomic E-state index is 12.7. The van der Waals surface area contributed by atoms with Gasteiger partial charge in [-0.3, -0.25) is 0 Å². The monoisotopic (exact) mass is 327 g/mol. The Balaban J connectivity index is 1.97. The van der Waals surface area contributed by atoms with Crippen molar-refractivity contribution >= 4 is 10.0 Å².